The number of aryl methyl sites for hydroxylation is 1. The van der Waals surface area contributed by atoms with Crippen molar-refractivity contribution in [1.82, 2.24) is 15.6 Å². The summed E-state index contributed by atoms with van der Waals surface area (Å²) >= 11 is 0. The van der Waals surface area contributed by atoms with Crippen LogP contribution in [-0.4, -0.2) is 24.0 Å². The van der Waals surface area contributed by atoms with Crippen LogP contribution in [0.4, 0.5) is 0 Å². The molecule has 0 spiro atoms. The molecule has 5 nitrogen and oxygen atoms in total. The van der Waals surface area contributed by atoms with Gasteiger partial charge in [0.25, 0.3) is 0 Å². The Bertz CT molecular complexity index is 728. The maximum Gasteiger partial charge on any atom is 0.216 e. The summed E-state index contributed by atoms with van der Waals surface area (Å²) < 4.78 is 5.81. The van der Waals surface area contributed by atoms with E-state index in [1.165, 1.54) is 11.1 Å². The van der Waals surface area contributed by atoms with Gasteiger partial charge in [0.2, 0.25) is 5.89 Å². The van der Waals surface area contributed by atoms with E-state index in [2.05, 4.69) is 86.4 Å². The van der Waals surface area contributed by atoms with Gasteiger partial charge < -0.3 is 15.1 Å². The van der Waals surface area contributed by atoms with Crippen LogP contribution < -0.4 is 10.6 Å². The van der Waals surface area contributed by atoms with Crippen LogP contribution in [0, 0.1) is 6.92 Å². The fourth-order valence-corrected chi connectivity index (χ4v) is 2.56. The highest BCUT2D eigenvalue weighted by Gasteiger charge is 2.19. The number of oxazole rings is 1. The molecule has 142 valence electrons. The predicted molar refractivity (Wildman–Crippen MR) is 108 cm³/mol. The van der Waals surface area contributed by atoms with E-state index in [0.29, 0.717) is 18.4 Å². The van der Waals surface area contributed by atoms with E-state index in [-0.39, 0.29) is 5.41 Å². The van der Waals surface area contributed by atoms with Gasteiger partial charge in [0.05, 0.1) is 6.20 Å². The second-order valence-electron chi connectivity index (χ2n) is 7.76. The number of aromatic nitrogens is 1. The third kappa shape index (κ3) is 5.90. The Hall–Kier alpha value is -2.30. The van der Waals surface area contributed by atoms with E-state index in [4.69, 9.17) is 4.42 Å². The SMILES string of the molecule is CCNC(=NCc1ncc(C(C)(C)C)o1)NCC(C)c1cccc(C)c1. The summed E-state index contributed by atoms with van der Waals surface area (Å²) in [6.07, 6.45) is 1.80. The summed E-state index contributed by atoms with van der Waals surface area (Å²) in [5, 5.41) is 6.69. The molecule has 0 radical (unpaired) electrons. The summed E-state index contributed by atoms with van der Waals surface area (Å²) in [5.41, 5.74) is 2.57. The molecule has 1 aromatic heterocycles. The molecule has 2 aromatic rings. The minimum atomic E-state index is -0.0407. The fraction of sp³-hybridized carbons (Fsp3) is 0.524. The molecule has 0 saturated carbocycles. The Labute approximate surface area is 157 Å². The number of aliphatic imine (C=N–C) groups is 1. The van der Waals surface area contributed by atoms with Crippen molar-refractivity contribution in [2.75, 3.05) is 13.1 Å². The van der Waals surface area contributed by atoms with Gasteiger partial charge in [0.15, 0.2) is 5.96 Å². The number of nitrogens with zero attached hydrogens (tertiary/aromatic N) is 2. The molecule has 1 heterocycles. The van der Waals surface area contributed by atoms with Crippen molar-refractivity contribution < 1.29 is 4.42 Å². The third-order valence-electron chi connectivity index (χ3n) is 4.20. The molecule has 1 unspecified atom stereocenters. The Kier molecular flexibility index (Phi) is 6.83. The van der Waals surface area contributed by atoms with Gasteiger partial charge in [0.1, 0.15) is 12.3 Å². The highest BCUT2D eigenvalue weighted by molar-refractivity contribution is 5.79. The van der Waals surface area contributed by atoms with Crippen molar-refractivity contribution in [1.29, 1.82) is 0 Å². The zero-order valence-electron chi connectivity index (χ0n) is 16.9. The number of hydrogen-bond donors (Lipinski definition) is 2. The van der Waals surface area contributed by atoms with Crippen molar-refractivity contribution in [2.45, 2.75) is 59.4 Å². The van der Waals surface area contributed by atoms with Gasteiger partial charge in [-0.1, -0.05) is 57.5 Å². The Morgan fingerprint density at radius 3 is 2.65 bits per heavy atom. The molecule has 2 rings (SSSR count). The highest BCUT2D eigenvalue weighted by Crippen LogP contribution is 2.22. The van der Waals surface area contributed by atoms with Crippen molar-refractivity contribution >= 4 is 5.96 Å². The third-order valence-corrected chi connectivity index (χ3v) is 4.20. The van der Waals surface area contributed by atoms with Gasteiger partial charge in [-0.25, -0.2) is 9.98 Å². The molecule has 0 fully saturated rings. The molecule has 1 atom stereocenters. The molecule has 26 heavy (non-hydrogen) atoms. The monoisotopic (exact) mass is 356 g/mol. The average Bonchev–Trinajstić information content (AvgIpc) is 3.06. The van der Waals surface area contributed by atoms with Crippen LogP contribution in [0.3, 0.4) is 0 Å². The van der Waals surface area contributed by atoms with Gasteiger partial charge in [-0.3, -0.25) is 0 Å². The second kappa shape index (κ2) is 8.88. The summed E-state index contributed by atoms with van der Waals surface area (Å²) in [7, 11) is 0. The maximum atomic E-state index is 5.81. The molecular formula is C21H32N4O. The quantitative estimate of drug-likeness (QED) is 0.603. The van der Waals surface area contributed by atoms with Gasteiger partial charge in [-0.2, -0.15) is 0 Å². The average molecular weight is 357 g/mol. The second-order valence-corrected chi connectivity index (χ2v) is 7.76. The lowest BCUT2D eigenvalue weighted by atomic mass is 9.94. The zero-order chi connectivity index (χ0) is 19.2. The Morgan fingerprint density at radius 1 is 1.27 bits per heavy atom. The topological polar surface area (TPSA) is 62.5 Å². The standard InChI is InChI=1S/C21H32N4O/c1-7-22-20(24-12-16(3)17-10-8-9-15(2)11-17)25-14-19-23-13-18(26-19)21(4,5)6/h8-11,13,16H,7,12,14H2,1-6H3,(H2,22,24,25). The molecule has 0 aliphatic heterocycles. The molecule has 1 aromatic carbocycles. The first-order valence-electron chi connectivity index (χ1n) is 9.33. The van der Waals surface area contributed by atoms with E-state index in [1.54, 1.807) is 6.20 Å². The molecular weight excluding hydrogens is 324 g/mol. The molecule has 0 saturated heterocycles. The fourth-order valence-electron chi connectivity index (χ4n) is 2.56. The van der Waals surface area contributed by atoms with Gasteiger partial charge in [0, 0.05) is 18.5 Å². The van der Waals surface area contributed by atoms with Crippen molar-refractivity contribution in [3.8, 4) is 0 Å². The molecule has 0 amide bonds. The molecule has 0 bridgehead atoms. The van der Waals surface area contributed by atoms with Crippen LogP contribution in [0.15, 0.2) is 39.9 Å². The van der Waals surface area contributed by atoms with E-state index in [1.807, 2.05) is 0 Å². The van der Waals surface area contributed by atoms with Crippen LogP contribution in [0.5, 0.6) is 0 Å². The highest BCUT2D eigenvalue weighted by atomic mass is 16.4. The molecule has 5 heteroatoms. The van der Waals surface area contributed by atoms with Crippen LogP contribution in [-0.2, 0) is 12.0 Å². The lowest BCUT2D eigenvalue weighted by Gasteiger charge is -2.16. The molecule has 0 aliphatic rings. The summed E-state index contributed by atoms with van der Waals surface area (Å²) in [6.45, 7) is 14.8. The van der Waals surface area contributed by atoms with Crippen molar-refractivity contribution in [3.63, 3.8) is 0 Å². The Morgan fingerprint density at radius 2 is 2.04 bits per heavy atom. The van der Waals surface area contributed by atoms with Gasteiger partial charge >= 0.3 is 0 Å². The van der Waals surface area contributed by atoms with E-state index >= 15 is 0 Å². The minimum absolute atomic E-state index is 0.0407. The first-order valence-corrected chi connectivity index (χ1v) is 9.33. The van der Waals surface area contributed by atoms with E-state index in [0.717, 1.165) is 24.8 Å². The number of hydrogen-bond acceptors (Lipinski definition) is 3. The van der Waals surface area contributed by atoms with Crippen LogP contribution in [0.25, 0.3) is 0 Å². The minimum Gasteiger partial charge on any atom is -0.443 e. The Balaban J connectivity index is 1.97. The van der Waals surface area contributed by atoms with Crippen molar-refractivity contribution in [2.24, 2.45) is 4.99 Å². The summed E-state index contributed by atoms with van der Waals surface area (Å²) in [6, 6.07) is 8.63. The summed E-state index contributed by atoms with van der Waals surface area (Å²) in [4.78, 5) is 8.94. The van der Waals surface area contributed by atoms with Crippen LogP contribution in [0.1, 0.15) is 63.3 Å². The normalized spacial score (nSPS) is 13.5. The van der Waals surface area contributed by atoms with Gasteiger partial charge in [-0.05, 0) is 25.3 Å². The lowest BCUT2D eigenvalue weighted by Crippen LogP contribution is -2.39. The van der Waals surface area contributed by atoms with Crippen molar-refractivity contribution in [3.05, 3.63) is 53.2 Å². The van der Waals surface area contributed by atoms with Crippen LogP contribution >= 0.6 is 0 Å². The maximum absolute atomic E-state index is 5.81. The summed E-state index contributed by atoms with van der Waals surface area (Å²) in [5.74, 6) is 2.70. The zero-order valence-corrected chi connectivity index (χ0v) is 16.9. The molecule has 2 N–H and O–H groups in total. The number of rotatable bonds is 6. The smallest absolute Gasteiger partial charge is 0.216 e. The first-order chi connectivity index (χ1) is 12.3. The van der Waals surface area contributed by atoms with E-state index < -0.39 is 0 Å². The predicted octanol–water partition coefficient (Wildman–Crippen LogP) is 4.14. The lowest BCUT2D eigenvalue weighted by molar-refractivity contribution is 0.383. The number of guanidine groups is 1. The van der Waals surface area contributed by atoms with Gasteiger partial charge in [-0.15, -0.1) is 0 Å². The van der Waals surface area contributed by atoms with E-state index in [9.17, 15) is 0 Å². The number of benzene rings is 1. The van der Waals surface area contributed by atoms with Crippen LogP contribution in [0.2, 0.25) is 0 Å². The first kappa shape index (κ1) is 20.0. The largest absolute Gasteiger partial charge is 0.443 e. The number of nitrogens with one attached hydrogen (secondary N) is 2. The molecule has 0 aliphatic carbocycles.